The van der Waals surface area contributed by atoms with E-state index in [4.69, 9.17) is 4.52 Å². The first-order valence-electron chi connectivity index (χ1n) is 8.72. The second-order valence-electron chi connectivity index (χ2n) is 6.18. The van der Waals surface area contributed by atoms with Crippen LogP contribution in [0.4, 0.5) is 5.69 Å². The zero-order chi connectivity index (χ0) is 19.3. The van der Waals surface area contributed by atoms with Gasteiger partial charge < -0.3 is 9.42 Å². The molecule has 2 heterocycles. The molecule has 1 aromatic heterocycles. The van der Waals surface area contributed by atoms with E-state index in [-0.39, 0.29) is 18.1 Å². The molecule has 1 aliphatic heterocycles. The number of thioether (sulfide) groups is 1. The second-order valence-corrected chi connectivity index (χ2v) is 7.12. The van der Waals surface area contributed by atoms with Gasteiger partial charge in [0.15, 0.2) is 5.17 Å². The number of nitro groups is 1. The Labute approximate surface area is 177 Å². The number of non-ortho nitro benzene ring substituents is 1. The van der Waals surface area contributed by atoms with E-state index in [2.05, 4.69) is 32.2 Å². The van der Waals surface area contributed by atoms with Gasteiger partial charge in [-0.1, -0.05) is 59.4 Å². The lowest BCUT2D eigenvalue weighted by molar-refractivity contribution is -0.384. The fraction of sp³-hybridized carbons (Fsp3) is 0.211. The molecule has 0 N–H and O–H groups in total. The minimum absolute atomic E-state index is 0. The van der Waals surface area contributed by atoms with Crippen molar-refractivity contribution in [1.82, 2.24) is 15.0 Å². The number of halogens is 1. The smallest absolute Gasteiger partial charge is 0.270 e. The minimum Gasteiger partial charge on any atom is -0.345 e. The molecule has 0 unspecified atom stereocenters. The van der Waals surface area contributed by atoms with Crippen molar-refractivity contribution < 1.29 is 9.45 Å². The third-order valence-electron chi connectivity index (χ3n) is 4.21. The molecule has 10 heteroatoms. The number of hydrogen-bond acceptors (Lipinski definition) is 8. The van der Waals surface area contributed by atoms with Crippen LogP contribution in [-0.2, 0) is 12.3 Å². The Hall–Kier alpha value is -2.91. The maximum absolute atomic E-state index is 10.9. The monoisotopic (exact) mass is 431 g/mol. The van der Waals surface area contributed by atoms with Crippen molar-refractivity contribution in [3.8, 4) is 11.4 Å². The van der Waals surface area contributed by atoms with E-state index < -0.39 is 4.92 Å². The van der Waals surface area contributed by atoms with Crippen LogP contribution in [0.2, 0.25) is 0 Å². The first-order valence-corrected chi connectivity index (χ1v) is 9.71. The Morgan fingerprint density at radius 3 is 2.79 bits per heavy atom. The molecule has 0 bridgehead atoms. The van der Waals surface area contributed by atoms with Gasteiger partial charge in [0.05, 0.1) is 17.2 Å². The molecule has 2 aromatic carbocycles. The summed E-state index contributed by atoms with van der Waals surface area (Å²) < 4.78 is 5.31. The highest BCUT2D eigenvalue weighted by atomic mass is 35.5. The highest BCUT2D eigenvalue weighted by Gasteiger charge is 2.19. The number of nitro benzene ring substituents is 1. The van der Waals surface area contributed by atoms with Gasteiger partial charge in [0.25, 0.3) is 5.69 Å². The molecule has 0 aliphatic carbocycles. The van der Waals surface area contributed by atoms with Gasteiger partial charge in [0, 0.05) is 30.8 Å². The number of aromatic nitrogens is 2. The fourth-order valence-electron chi connectivity index (χ4n) is 2.87. The second kappa shape index (κ2) is 9.53. The normalized spacial score (nSPS) is 13.1. The summed E-state index contributed by atoms with van der Waals surface area (Å²) in [6.07, 6.45) is 0. The first-order chi connectivity index (χ1) is 13.7. The highest BCUT2D eigenvalue weighted by molar-refractivity contribution is 8.13. The van der Waals surface area contributed by atoms with Crippen LogP contribution in [0.3, 0.4) is 0 Å². The van der Waals surface area contributed by atoms with Gasteiger partial charge in [-0.25, -0.2) is 0 Å². The van der Waals surface area contributed by atoms with E-state index in [0.29, 0.717) is 23.0 Å². The van der Waals surface area contributed by atoms with Gasteiger partial charge in [-0.15, -0.1) is 12.4 Å². The Morgan fingerprint density at radius 2 is 2.00 bits per heavy atom. The number of nitrogens with zero attached hydrogens (tertiary/aromatic N) is 5. The van der Waals surface area contributed by atoms with Crippen LogP contribution in [0.1, 0.15) is 11.5 Å². The van der Waals surface area contributed by atoms with Gasteiger partial charge in [0.2, 0.25) is 11.7 Å². The number of hydrogen-bond donors (Lipinski definition) is 0. The average molecular weight is 432 g/mol. The van der Waals surface area contributed by atoms with Crippen molar-refractivity contribution in [2.45, 2.75) is 12.3 Å². The predicted molar refractivity (Wildman–Crippen MR) is 114 cm³/mol. The zero-order valence-electron chi connectivity index (χ0n) is 15.3. The van der Waals surface area contributed by atoms with Gasteiger partial charge in [-0.2, -0.15) is 4.98 Å². The van der Waals surface area contributed by atoms with Gasteiger partial charge in [-0.05, 0) is 5.56 Å². The molecule has 0 spiro atoms. The van der Waals surface area contributed by atoms with E-state index >= 15 is 0 Å². The zero-order valence-corrected chi connectivity index (χ0v) is 16.9. The molecule has 29 heavy (non-hydrogen) atoms. The van der Waals surface area contributed by atoms with E-state index in [1.165, 1.54) is 17.7 Å². The lowest BCUT2D eigenvalue weighted by Gasteiger charge is -2.19. The molecule has 0 radical (unpaired) electrons. The van der Waals surface area contributed by atoms with Gasteiger partial charge in [0.1, 0.15) is 0 Å². The van der Waals surface area contributed by atoms with Crippen LogP contribution in [0.5, 0.6) is 0 Å². The molecule has 150 valence electrons. The number of aliphatic imine (C=N–C) groups is 1. The lowest BCUT2D eigenvalue weighted by atomic mass is 10.2. The van der Waals surface area contributed by atoms with Crippen LogP contribution in [0, 0.1) is 10.1 Å². The standard InChI is InChI=1S/C19H17N5O3S.ClH/c25-24(26)16-8-4-7-15(11-16)18-21-17(27-22-18)13-28-19-20-9-10-23(19)12-14-5-2-1-3-6-14;/h1-8,11H,9-10,12-13H2;1H. The molecule has 0 saturated heterocycles. The van der Waals surface area contributed by atoms with Crippen molar-refractivity contribution in [2.24, 2.45) is 4.99 Å². The molecule has 0 fully saturated rings. The van der Waals surface area contributed by atoms with Crippen molar-refractivity contribution in [1.29, 1.82) is 0 Å². The molecule has 0 saturated carbocycles. The molecule has 0 atom stereocenters. The largest absolute Gasteiger partial charge is 0.345 e. The van der Waals surface area contributed by atoms with Crippen LogP contribution in [-0.4, -0.2) is 38.2 Å². The summed E-state index contributed by atoms with van der Waals surface area (Å²) in [5, 5.41) is 15.8. The molecule has 0 amide bonds. The Kier molecular flexibility index (Phi) is 6.84. The van der Waals surface area contributed by atoms with Crippen LogP contribution >= 0.6 is 24.2 Å². The Bertz CT molecular complexity index is 1010. The average Bonchev–Trinajstić information content (AvgIpc) is 3.37. The summed E-state index contributed by atoms with van der Waals surface area (Å²) in [6.45, 7) is 2.48. The summed E-state index contributed by atoms with van der Waals surface area (Å²) in [6, 6.07) is 16.5. The van der Waals surface area contributed by atoms with Crippen molar-refractivity contribution in [3.05, 3.63) is 76.2 Å². The Balaban J connectivity index is 0.00000240. The lowest BCUT2D eigenvalue weighted by Crippen LogP contribution is -2.25. The number of amidine groups is 1. The quantitative estimate of drug-likeness (QED) is 0.426. The van der Waals surface area contributed by atoms with E-state index in [0.717, 1.165) is 24.8 Å². The topological polar surface area (TPSA) is 97.7 Å². The van der Waals surface area contributed by atoms with Gasteiger partial charge >= 0.3 is 0 Å². The van der Waals surface area contributed by atoms with Crippen molar-refractivity contribution in [3.63, 3.8) is 0 Å². The van der Waals surface area contributed by atoms with Crippen molar-refractivity contribution in [2.75, 3.05) is 13.1 Å². The minimum atomic E-state index is -0.445. The predicted octanol–water partition coefficient (Wildman–Crippen LogP) is 4.17. The van der Waals surface area contributed by atoms with E-state index in [9.17, 15) is 10.1 Å². The summed E-state index contributed by atoms with van der Waals surface area (Å²) in [5.41, 5.74) is 1.79. The molecular formula is C19H18ClN5O3S. The highest BCUT2D eigenvalue weighted by Crippen LogP contribution is 2.24. The SMILES string of the molecule is Cl.O=[N+]([O-])c1cccc(-c2noc(CSC3=NCCN3Cc3ccccc3)n2)c1. The summed E-state index contributed by atoms with van der Waals surface area (Å²) in [4.78, 5) is 21.6. The Morgan fingerprint density at radius 1 is 1.17 bits per heavy atom. The number of rotatable bonds is 6. The molecule has 1 aliphatic rings. The van der Waals surface area contributed by atoms with Crippen LogP contribution in [0.15, 0.2) is 64.1 Å². The molecule has 4 rings (SSSR count). The van der Waals surface area contributed by atoms with E-state index in [1.807, 2.05) is 18.2 Å². The summed E-state index contributed by atoms with van der Waals surface area (Å²) >= 11 is 1.55. The molecule has 8 nitrogen and oxygen atoms in total. The van der Waals surface area contributed by atoms with E-state index in [1.54, 1.807) is 23.9 Å². The summed E-state index contributed by atoms with van der Waals surface area (Å²) in [5.74, 6) is 1.29. The third kappa shape index (κ3) is 5.12. The molecule has 3 aromatic rings. The van der Waals surface area contributed by atoms with Gasteiger partial charge in [-0.3, -0.25) is 15.1 Å². The summed E-state index contributed by atoms with van der Waals surface area (Å²) in [7, 11) is 0. The maximum Gasteiger partial charge on any atom is 0.270 e. The molecular weight excluding hydrogens is 414 g/mol. The van der Waals surface area contributed by atoms with Crippen LogP contribution < -0.4 is 0 Å². The number of benzene rings is 2. The maximum atomic E-state index is 10.9. The van der Waals surface area contributed by atoms with Crippen LogP contribution in [0.25, 0.3) is 11.4 Å². The first kappa shape index (κ1) is 20.8. The fourth-order valence-corrected chi connectivity index (χ4v) is 3.76. The van der Waals surface area contributed by atoms with Crippen molar-refractivity contribution >= 4 is 35.0 Å². The third-order valence-corrected chi connectivity index (χ3v) is 5.25.